The first-order chi connectivity index (χ1) is 7.24. The first kappa shape index (κ1) is 12.1. The van der Waals surface area contributed by atoms with Crippen molar-refractivity contribution in [1.82, 2.24) is 4.90 Å². The van der Waals surface area contributed by atoms with E-state index >= 15 is 0 Å². The maximum absolute atomic E-state index is 3.49. The van der Waals surface area contributed by atoms with Gasteiger partial charge in [0.1, 0.15) is 0 Å². The summed E-state index contributed by atoms with van der Waals surface area (Å²) in [6, 6.07) is 8.54. The average molecular weight is 206 g/mol. The molecule has 2 nitrogen and oxygen atoms in total. The van der Waals surface area contributed by atoms with Crippen molar-refractivity contribution in [2.45, 2.75) is 19.8 Å². The van der Waals surface area contributed by atoms with Crippen molar-refractivity contribution in [1.29, 1.82) is 0 Å². The highest BCUT2D eigenvalue weighted by atomic mass is 15.1. The van der Waals surface area contributed by atoms with E-state index < -0.39 is 0 Å². The molecule has 15 heavy (non-hydrogen) atoms. The first-order valence-electron chi connectivity index (χ1n) is 5.70. The van der Waals surface area contributed by atoms with Crippen LogP contribution in [0.5, 0.6) is 0 Å². The standard InChI is InChI=1S/C13H22N2/c1-4-12-8-5-6-9-13(12)14-10-7-11-15(2)3/h5-6,8-9,14H,4,7,10-11H2,1-3H3. The Morgan fingerprint density at radius 3 is 2.60 bits per heavy atom. The van der Waals surface area contributed by atoms with Gasteiger partial charge in [0.05, 0.1) is 0 Å². The van der Waals surface area contributed by atoms with Crippen LogP contribution in [0.1, 0.15) is 18.9 Å². The molecule has 0 spiro atoms. The van der Waals surface area contributed by atoms with Gasteiger partial charge < -0.3 is 10.2 Å². The summed E-state index contributed by atoms with van der Waals surface area (Å²) in [6.07, 6.45) is 2.28. The fourth-order valence-electron chi connectivity index (χ4n) is 1.62. The van der Waals surface area contributed by atoms with Gasteiger partial charge in [-0.15, -0.1) is 0 Å². The largest absolute Gasteiger partial charge is 0.385 e. The van der Waals surface area contributed by atoms with Gasteiger partial charge in [-0.2, -0.15) is 0 Å². The third-order valence-electron chi connectivity index (χ3n) is 2.50. The SMILES string of the molecule is CCc1ccccc1NCCCN(C)C. The summed E-state index contributed by atoms with van der Waals surface area (Å²) < 4.78 is 0. The molecule has 0 aliphatic carbocycles. The van der Waals surface area contributed by atoms with Gasteiger partial charge in [0.15, 0.2) is 0 Å². The summed E-state index contributed by atoms with van der Waals surface area (Å²) in [5.41, 5.74) is 2.70. The number of nitrogens with one attached hydrogen (secondary N) is 1. The van der Waals surface area contributed by atoms with Crippen molar-refractivity contribution in [3.8, 4) is 0 Å². The van der Waals surface area contributed by atoms with Gasteiger partial charge in [0, 0.05) is 12.2 Å². The molecule has 0 aliphatic rings. The molecule has 0 bridgehead atoms. The molecule has 0 heterocycles. The lowest BCUT2D eigenvalue weighted by molar-refractivity contribution is 0.405. The van der Waals surface area contributed by atoms with Gasteiger partial charge >= 0.3 is 0 Å². The van der Waals surface area contributed by atoms with Gasteiger partial charge in [0.25, 0.3) is 0 Å². The first-order valence-corrected chi connectivity index (χ1v) is 5.70. The number of nitrogens with zero attached hydrogens (tertiary/aromatic N) is 1. The summed E-state index contributed by atoms with van der Waals surface area (Å²) in [5, 5.41) is 3.49. The number of hydrogen-bond acceptors (Lipinski definition) is 2. The second-order valence-electron chi connectivity index (χ2n) is 4.09. The maximum atomic E-state index is 3.49. The Kier molecular flexibility index (Phi) is 5.19. The van der Waals surface area contributed by atoms with E-state index in [1.807, 2.05) is 0 Å². The monoisotopic (exact) mass is 206 g/mol. The van der Waals surface area contributed by atoms with Crippen LogP contribution in [0.2, 0.25) is 0 Å². The minimum absolute atomic E-state index is 1.05. The molecule has 1 rings (SSSR count). The average Bonchev–Trinajstić information content (AvgIpc) is 2.24. The van der Waals surface area contributed by atoms with Crippen molar-refractivity contribution in [2.24, 2.45) is 0 Å². The summed E-state index contributed by atoms with van der Waals surface area (Å²) in [6.45, 7) is 4.39. The number of aryl methyl sites for hydroxylation is 1. The van der Waals surface area contributed by atoms with Crippen LogP contribution in [0, 0.1) is 0 Å². The van der Waals surface area contributed by atoms with Gasteiger partial charge in [-0.1, -0.05) is 25.1 Å². The van der Waals surface area contributed by atoms with Gasteiger partial charge in [-0.25, -0.2) is 0 Å². The Balaban J connectivity index is 2.36. The van der Waals surface area contributed by atoms with Crippen LogP contribution in [0.25, 0.3) is 0 Å². The number of anilines is 1. The van der Waals surface area contributed by atoms with Crippen molar-refractivity contribution < 1.29 is 0 Å². The molecule has 84 valence electrons. The normalized spacial score (nSPS) is 10.7. The predicted molar refractivity (Wildman–Crippen MR) is 67.5 cm³/mol. The Labute approximate surface area is 93.3 Å². The lowest BCUT2D eigenvalue weighted by Gasteiger charge is -2.12. The molecule has 0 aromatic heterocycles. The minimum atomic E-state index is 1.05. The molecule has 0 amide bonds. The third-order valence-corrected chi connectivity index (χ3v) is 2.50. The Morgan fingerprint density at radius 2 is 1.93 bits per heavy atom. The number of rotatable bonds is 6. The molecule has 2 heteroatoms. The van der Waals surface area contributed by atoms with Crippen molar-refractivity contribution in [2.75, 3.05) is 32.5 Å². The highest BCUT2D eigenvalue weighted by molar-refractivity contribution is 5.50. The van der Waals surface area contributed by atoms with E-state index in [-0.39, 0.29) is 0 Å². The van der Waals surface area contributed by atoms with Gasteiger partial charge in [0.2, 0.25) is 0 Å². The molecule has 0 radical (unpaired) electrons. The molecule has 0 aliphatic heterocycles. The van der Waals surface area contributed by atoms with Crippen molar-refractivity contribution in [3.05, 3.63) is 29.8 Å². The molecular formula is C13H22N2. The molecule has 0 atom stereocenters. The molecule has 0 unspecified atom stereocenters. The lowest BCUT2D eigenvalue weighted by Crippen LogP contribution is -2.16. The molecule has 0 fully saturated rings. The number of hydrogen-bond donors (Lipinski definition) is 1. The molecule has 0 saturated heterocycles. The van der Waals surface area contributed by atoms with E-state index in [9.17, 15) is 0 Å². The van der Waals surface area contributed by atoms with Crippen molar-refractivity contribution >= 4 is 5.69 Å². The highest BCUT2D eigenvalue weighted by Gasteiger charge is 1.98. The van der Waals surface area contributed by atoms with Crippen LogP contribution in [0.4, 0.5) is 5.69 Å². The fourth-order valence-corrected chi connectivity index (χ4v) is 1.62. The molecule has 1 aromatic carbocycles. The summed E-state index contributed by atoms with van der Waals surface area (Å²) >= 11 is 0. The highest BCUT2D eigenvalue weighted by Crippen LogP contribution is 2.14. The smallest absolute Gasteiger partial charge is 0.0372 e. The Bertz CT molecular complexity index is 282. The van der Waals surface area contributed by atoms with E-state index in [1.165, 1.54) is 17.7 Å². The van der Waals surface area contributed by atoms with E-state index in [1.54, 1.807) is 0 Å². The van der Waals surface area contributed by atoms with E-state index in [2.05, 4.69) is 55.5 Å². The zero-order chi connectivity index (χ0) is 11.1. The predicted octanol–water partition coefficient (Wildman–Crippen LogP) is 2.61. The molecular weight excluding hydrogens is 184 g/mol. The van der Waals surface area contributed by atoms with E-state index in [4.69, 9.17) is 0 Å². The van der Waals surface area contributed by atoms with E-state index in [0.717, 1.165) is 19.5 Å². The van der Waals surface area contributed by atoms with Crippen LogP contribution in [-0.2, 0) is 6.42 Å². The van der Waals surface area contributed by atoms with Crippen LogP contribution in [-0.4, -0.2) is 32.1 Å². The quantitative estimate of drug-likeness (QED) is 0.720. The fraction of sp³-hybridized carbons (Fsp3) is 0.538. The summed E-state index contributed by atoms with van der Waals surface area (Å²) in [7, 11) is 4.22. The minimum Gasteiger partial charge on any atom is -0.385 e. The van der Waals surface area contributed by atoms with Crippen LogP contribution in [0.3, 0.4) is 0 Å². The number of para-hydroxylation sites is 1. The topological polar surface area (TPSA) is 15.3 Å². The summed E-state index contributed by atoms with van der Waals surface area (Å²) in [4.78, 5) is 2.22. The second-order valence-corrected chi connectivity index (χ2v) is 4.09. The zero-order valence-electron chi connectivity index (χ0n) is 10.1. The maximum Gasteiger partial charge on any atom is 0.0372 e. The summed E-state index contributed by atoms with van der Waals surface area (Å²) in [5.74, 6) is 0. The van der Waals surface area contributed by atoms with Crippen LogP contribution < -0.4 is 5.32 Å². The van der Waals surface area contributed by atoms with Crippen molar-refractivity contribution in [3.63, 3.8) is 0 Å². The van der Waals surface area contributed by atoms with Crippen LogP contribution in [0.15, 0.2) is 24.3 Å². The second kappa shape index (κ2) is 6.46. The third kappa shape index (κ3) is 4.34. The molecule has 0 saturated carbocycles. The lowest BCUT2D eigenvalue weighted by atomic mass is 10.1. The van der Waals surface area contributed by atoms with Gasteiger partial charge in [-0.3, -0.25) is 0 Å². The Hall–Kier alpha value is -1.02. The zero-order valence-corrected chi connectivity index (χ0v) is 10.1. The molecule has 1 aromatic rings. The van der Waals surface area contributed by atoms with E-state index in [0.29, 0.717) is 0 Å². The Morgan fingerprint density at radius 1 is 1.20 bits per heavy atom. The number of benzene rings is 1. The van der Waals surface area contributed by atoms with Gasteiger partial charge in [-0.05, 0) is 45.1 Å². The molecule has 1 N–H and O–H groups in total. The van der Waals surface area contributed by atoms with Crippen LogP contribution >= 0.6 is 0 Å².